The van der Waals surface area contributed by atoms with E-state index in [0.29, 0.717) is 11.0 Å². The molecule has 0 aliphatic heterocycles. The summed E-state index contributed by atoms with van der Waals surface area (Å²) < 4.78 is 15.1. The Hall–Kier alpha value is 0.0700. The highest BCUT2D eigenvalue weighted by Crippen LogP contribution is 2.35. The van der Waals surface area contributed by atoms with E-state index in [9.17, 15) is 4.57 Å². The van der Waals surface area contributed by atoms with E-state index in [-0.39, 0.29) is 6.61 Å². The maximum Gasteiger partial charge on any atom is 0.469 e. The number of nitrogens with zero attached hydrogens (tertiary/aromatic N) is 1. The molecule has 0 saturated carbocycles. The van der Waals surface area contributed by atoms with E-state index in [2.05, 4.69) is 18.4 Å². The Balaban J connectivity index is 0. The van der Waals surface area contributed by atoms with Crippen LogP contribution in [0.3, 0.4) is 0 Å². The highest BCUT2D eigenvalue weighted by Gasteiger charge is 2.15. The predicted octanol–water partition coefficient (Wildman–Crippen LogP) is 6.29. The Bertz CT molecular complexity index is 326. The van der Waals surface area contributed by atoms with Crippen LogP contribution in [0.25, 0.3) is 0 Å². The summed E-state index contributed by atoms with van der Waals surface area (Å²) in [4.78, 5) is 16.6. The molecule has 0 aromatic rings. The second-order valence-corrected chi connectivity index (χ2v) is 9.82. The minimum absolute atomic E-state index is 0.0772. The Morgan fingerprint density at radius 1 is 0.667 bits per heavy atom. The fraction of sp³-hybridized carbons (Fsp3) is 1.00. The Morgan fingerprint density at radius 2 is 0.963 bits per heavy atom. The normalized spacial score (nSPS) is 12.0. The van der Waals surface area contributed by atoms with Gasteiger partial charge in [-0.1, -0.05) is 104 Å². The maximum absolute atomic E-state index is 10.2. The van der Waals surface area contributed by atoms with Crippen molar-refractivity contribution in [2.24, 2.45) is 0 Å². The Kier molecular flexibility index (Phi) is 21.0. The summed E-state index contributed by atoms with van der Waals surface area (Å²) in [6, 6.07) is 0. The molecule has 6 heteroatoms. The van der Waals surface area contributed by atoms with Crippen LogP contribution in [-0.2, 0) is 9.09 Å². The van der Waals surface area contributed by atoms with Gasteiger partial charge in [-0.05, 0) is 0 Å². The number of unbranched alkanes of at least 4 members (excludes halogenated alkanes) is 13. The molecule has 0 fully saturated rings. The van der Waals surface area contributed by atoms with Gasteiger partial charge in [0, 0.05) is 0 Å². The van der Waals surface area contributed by atoms with Crippen molar-refractivity contribution in [1.82, 2.24) is 0 Å². The summed E-state index contributed by atoms with van der Waals surface area (Å²) in [5.74, 6) is 0. The van der Waals surface area contributed by atoms with Crippen LogP contribution < -0.4 is 0 Å². The van der Waals surface area contributed by atoms with E-state index in [4.69, 9.17) is 9.79 Å². The highest BCUT2D eigenvalue weighted by molar-refractivity contribution is 7.46. The smallest absolute Gasteiger partial charge is 0.329 e. The summed E-state index contributed by atoms with van der Waals surface area (Å²) in [6.07, 6.45) is 20.4. The molecule has 0 rings (SSSR count). The highest BCUT2D eigenvalue weighted by atomic mass is 31.2. The summed E-state index contributed by atoms with van der Waals surface area (Å²) in [5.41, 5.74) is 0. The molecule has 0 saturated heterocycles. The minimum Gasteiger partial charge on any atom is -0.329 e. The molecule has 0 unspecified atom stereocenters. The number of rotatable bonds is 17. The molecule has 0 radical (unpaired) electrons. The number of phosphoric ester groups is 1. The van der Waals surface area contributed by atoms with Gasteiger partial charge in [0.1, 0.15) is 13.2 Å². The lowest BCUT2D eigenvalue weighted by molar-refractivity contribution is -0.870. The van der Waals surface area contributed by atoms with Gasteiger partial charge in [-0.3, -0.25) is 4.52 Å². The molecule has 2 N–H and O–H groups in total. The van der Waals surface area contributed by atoms with E-state index in [1.165, 1.54) is 89.9 Å². The topological polar surface area (TPSA) is 66.8 Å². The first-order chi connectivity index (χ1) is 12.6. The third-order valence-corrected chi connectivity index (χ3v) is 5.00. The second-order valence-electron chi connectivity index (χ2n) is 8.58. The van der Waals surface area contributed by atoms with Crippen molar-refractivity contribution in [2.45, 2.75) is 104 Å². The van der Waals surface area contributed by atoms with Gasteiger partial charge in [0.15, 0.2) is 0 Å². The van der Waals surface area contributed by atoms with E-state index in [1.54, 1.807) is 0 Å². The molecular weight excluding hydrogens is 361 g/mol. The first-order valence-electron chi connectivity index (χ1n) is 11.1. The fourth-order valence-corrected chi connectivity index (χ4v) is 3.02. The number of hydrogen-bond donors (Lipinski definition) is 2. The molecule has 0 aromatic carbocycles. The molecule has 5 nitrogen and oxygen atoms in total. The summed E-state index contributed by atoms with van der Waals surface area (Å²) in [6.45, 7) is 5.23. The minimum atomic E-state index is -4.26. The Labute approximate surface area is 169 Å². The lowest BCUT2D eigenvalue weighted by Gasteiger charge is -2.23. The third kappa shape index (κ3) is 34.0. The standard InChI is InChI=1S/C16H34.C5H14NO4P/c1-3-5-7-9-11-13-15-16-14-12-10-8-6-4-2;1-6(2,3)4-5-10-11(7,8)9/h3-16H2,1-2H3;4-5H2,1-3H3,(H-,7,8,9)/p+1. The lowest BCUT2D eigenvalue weighted by atomic mass is 10.0. The quantitative estimate of drug-likeness (QED) is 0.168. The van der Waals surface area contributed by atoms with Crippen LogP contribution in [0.2, 0.25) is 0 Å². The van der Waals surface area contributed by atoms with Crippen LogP contribution in [0.5, 0.6) is 0 Å². The lowest BCUT2D eigenvalue weighted by Crippen LogP contribution is -2.37. The van der Waals surface area contributed by atoms with E-state index < -0.39 is 7.82 Å². The van der Waals surface area contributed by atoms with Crippen molar-refractivity contribution in [3.05, 3.63) is 0 Å². The molecule has 27 heavy (non-hydrogen) atoms. The van der Waals surface area contributed by atoms with Crippen LogP contribution in [0.15, 0.2) is 0 Å². The van der Waals surface area contributed by atoms with Crippen molar-refractivity contribution >= 4 is 7.82 Å². The summed E-state index contributed by atoms with van der Waals surface area (Å²) >= 11 is 0. The van der Waals surface area contributed by atoms with Crippen LogP contribution in [0, 0.1) is 0 Å². The van der Waals surface area contributed by atoms with Crippen molar-refractivity contribution < 1.29 is 23.4 Å². The van der Waals surface area contributed by atoms with E-state index in [1.807, 2.05) is 21.1 Å². The number of phosphoric acid groups is 1. The van der Waals surface area contributed by atoms with Gasteiger partial charge in [-0.25, -0.2) is 4.57 Å². The van der Waals surface area contributed by atoms with Gasteiger partial charge < -0.3 is 14.3 Å². The fourth-order valence-electron chi connectivity index (χ4n) is 2.70. The molecule has 0 aliphatic carbocycles. The predicted molar refractivity (Wildman–Crippen MR) is 117 cm³/mol. The van der Waals surface area contributed by atoms with Gasteiger partial charge in [0.25, 0.3) is 0 Å². The molecule has 0 aromatic heterocycles. The monoisotopic (exact) mass is 410 g/mol. The number of quaternary nitrogens is 1. The first kappa shape index (κ1) is 29.3. The molecule has 0 spiro atoms. The average molecular weight is 411 g/mol. The summed E-state index contributed by atoms with van der Waals surface area (Å²) in [7, 11) is 1.50. The van der Waals surface area contributed by atoms with Crippen molar-refractivity contribution in [1.29, 1.82) is 0 Å². The molecule has 0 heterocycles. The molecule has 0 atom stereocenters. The van der Waals surface area contributed by atoms with Gasteiger partial charge >= 0.3 is 7.82 Å². The van der Waals surface area contributed by atoms with E-state index >= 15 is 0 Å². The van der Waals surface area contributed by atoms with E-state index in [0.717, 1.165) is 0 Å². The van der Waals surface area contributed by atoms with Crippen molar-refractivity contribution in [3.63, 3.8) is 0 Å². The number of hydrogen-bond acceptors (Lipinski definition) is 2. The van der Waals surface area contributed by atoms with Gasteiger partial charge in [-0.15, -0.1) is 0 Å². The SMILES string of the molecule is CCCCCCCCCCCCCCCC.C[N+](C)(C)CCOP(=O)(O)O. The maximum atomic E-state index is 10.2. The zero-order chi connectivity index (χ0) is 21.0. The molecule has 0 aliphatic rings. The Morgan fingerprint density at radius 3 is 1.19 bits per heavy atom. The number of likely N-dealkylation sites (N-methyl/N-ethyl adjacent to an activating group) is 1. The molecular formula is C21H49NO4P+. The zero-order valence-electron chi connectivity index (χ0n) is 18.9. The second kappa shape index (κ2) is 19.4. The van der Waals surface area contributed by atoms with Crippen LogP contribution in [-0.4, -0.2) is 48.6 Å². The summed E-state index contributed by atoms with van der Waals surface area (Å²) in [5, 5.41) is 0. The average Bonchev–Trinajstić information content (AvgIpc) is 2.54. The zero-order valence-corrected chi connectivity index (χ0v) is 19.8. The first-order valence-corrected chi connectivity index (χ1v) is 12.7. The van der Waals surface area contributed by atoms with Crippen molar-refractivity contribution in [2.75, 3.05) is 34.3 Å². The van der Waals surface area contributed by atoms with Crippen LogP contribution in [0.1, 0.15) is 104 Å². The van der Waals surface area contributed by atoms with Crippen LogP contribution >= 0.6 is 7.82 Å². The molecule has 166 valence electrons. The van der Waals surface area contributed by atoms with Gasteiger partial charge in [0.05, 0.1) is 21.1 Å². The molecule has 0 amide bonds. The molecule has 0 bridgehead atoms. The van der Waals surface area contributed by atoms with Crippen LogP contribution in [0.4, 0.5) is 0 Å². The van der Waals surface area contributed by atoms with Gasteiger partial charge in [-0.2, -0.15) is 0 Å². The van der Waals surface area contributed by atoms with Crippen molar-refractivity contribution in [3.8, 4) is 0 Å². The third-order valence-electron chi connectivity index (χ3n) is 4.48. The largest absolute Gasteiger partial charge is 0.469 e. The van der Waals surface area contributed by atoms with Gasteiger partial charge in [0.2, 0.25) is 0 Å².